The number of hydrogen-bond acceptors (Lipinski definition) is 8. The Morgan fingerprint density at radius 3 is 2.76 bits per heavy atom. The summed E-state index contributed by atoms with van der Waals surface area (Å²) in [6.07, 6.45) is 6.68. The van der Waals surface area contributed by atoms with Gasteiger partial charge in [0.1, 0.15) is 12.1 Å². The lowest BCUT2D eigenvalue weighted by atomic mass is 10.1. The summed E-state index contributed by atoms with van der Waals surface area (Å²) in [5.74, 6) is 1.13. The molecule has 0 unspecified atom stereocenters. The number of nitrogens with one attached hydrogen (secondary N) is 1. The van der Waals surface area contributed by atoms with Gasteiger partial charge in [-0.2, -0.15) is 10.2 Å². The largest absolute Gasteiger partial charge is 0.497 e. The van der Waals surface area contributed by atoms with Crippen molar-refractivity contribution in [1.29, 1.82) is 0 Å². The SMILES string of the molecule is COc1cccc(-n2ncc3c(N=NCc4ccc(C(=O)NCCCN5CCCC5)cc4)ncnc32)c1. The van der Waals surface area contributed by atoms with Crippen molar-refractivity contribution in [2.45, 2.75) is 25.8 Å². The average molecular weight is 499 g/mol. The van der Waals surface area contributed by atoms with Crippen molar-refractivity contribution in [3.63, 3.8) is 0 Å². The number of nitrogens with zero attached hydrogens (tertiary/aromatic N) is 7. The second-order valence-electron chi connectivity index (χ2n) is 8.95. The molecule has 0 bridgehead atoms. The summed E-state index contributed by atoms with van der Waals surface area (Å²) < 4.78 is 7.03. The molecule has 1 aliphatic heterocycles. The Kier molecular flexibility index (Phi) is 7.75. The van der Waals surface area contributed by atoms with Gasteiger partial charge in [-0.25, -0.2) is 14.6 Å². The molecule has 2 aromatic heterocycles. The second-order valence-corrected chi connectivity index (χ2v) is 8.95. The maximum Gasteiger partial charge on any atom is 0.251 e. The van der Waals surface area contributed by atoms with Crippen LogP contribution in [-0.2, 0) is 6.54 Å². The third kappa shape index (κ3) is 5.97. The first-order chi connectivity index (χ1) is 18.2. The fourth-order valence-corrected chi connectivity index (χ4v) is 4.40. The van der Waals surface area contributed by atoms with Crippen molar-refractivity contribution in [2.24, 2.45) is 10.2 Å². The molecule has 10 heteroatoms. The van der Waals surface area contributed by atoms with Crippen LogP contribution in [0, 0.1) is 0 Å². The fourth-order valence-electron chi connectivity index (χ4n) is 4.40. The molecule has 2 aromatic carbocycles. The highest BCUT2D eigenvalue weighted by Gasteiger charge is 2.12. The number of ether oxygens (including phenoxy) is 1. The first-order valence-corrected chi connectivity index (χ1v) is 12.5. The van der Waals surface area contributed by atoms with Crippen LogP contribution in [0.5, 0.6) is 5.75 Å². The number of amides is 1. The van der Waals surface area contributed by atoms with Gasteiger partial charge in [-0.15, -0.1) is 5.11 Å². The van der Waals surface area contributed by atoms with Crippen molar-refractivity contribution in [2.75, 3.05) is 33.3 Å². The predicted octanol–water partition coefficient (Wildman–Crippen LogP) is 4.32. The number of azo groups is 1. The summed E-state index contributed by atoms with van der Waals surface area (Å²) in [5.41, 5.74) is 3.05. The molecule has 1 aliphatic rings. The van der Waals surface area contributed by atoms with Gasteiger partial charge in [-0.1, -0.05) is 18.2 Å². The zero-order valence-corrected chi connectivity index (χ0v) is 20.9. The van der Waals surface area contributed by atoms with E-state index in [-0.39, 0.29) is 5.91 Å². The summed E-state index contributed by atoms with van der Waals surface area (Å²) in [5, 5.41) is 16.8. The van der Waals surface area contributed by atoms with Crippen molar-refractivity contribution >= 4 is 22.8 Å². The van der Waals surface area contributed by atoms with Crippen molar-refractivity contribution in [1.82, 2.24) is 30.0 Å². The van der Waals surface area contributed by atoms with Crippen LogP contribution >= 0.6 is 0 Å². The Bertz CT molecular complexity index is 1380. The van der Waals surface area contributed by atoms with E-state index in [4.69, 9.17) is 4.74 Å². The summed E-state index contributed by atoms with van der Waals surface area (Å²) >= 11 is 0. The van der Waals surface area contributed by atoms with E-state index in [1.54, 1.807) is 18.0 Å². The Labute approximate surface area is 215 Å². The quantitative estimate of drug-likeness (QED) is 0.258. The van der Waals surface area contributed by atoms with Gasteiger partial charge in [0.25, 0.3) is 5.91 Å². The van der Waals surface area contributed by atoms with Crippen molar-refractivity contribution in [3.05, 3.63) is 72.2 Å². The maximum absolute atomic E-state index is 12.4. The lowest BCUT2D eigenvalue weighted by molar-refractivity contribution is 0.0952. The van der Waals surface area contributed by atoms with Crippen LogP contribution in [0.25, 0.3) is 16.7 Å². The van der Waals surface area contributed by atoms with Crippen LogP contribution in [0.2, 0.25) is 0 Å². The lowest BCUT2D eigenvalue weighted by Gasteiger charge is -2.14. The first-order valence-electron chi connectivity index (χ1n) is 12.5. The minimum Gasteiger partial charge on any atom is -0.497 e. The highest BCUT2D eigenvalue weighted by molar-refractivity contribution is 5.94. The van der Waals surface area contributed by atoms with Gasteiger partial charge < -0.3 is 15.0 Å². The highest BCUT2D eigenvalue weighted by atomic mass is 16.5. The number of methoxy groups -OCH3 is 1. The van der Waals surface area contributed by atoms with E-state index in [0.717, 1.165) is 30.0 Å². The van der Waals surface area contributed by atoms with E-state index >= 15 is 0 Å². The minimum absolute atomic E-state index is 0.0500. The molecule has 0 saturated carbocycles. The van der Waals surface area contributed by atoms with Crippen molar-refractivity contribution < 1.29 is 9.53 Å². The topological polar surface area (TPSA) is 110 Å². The van der Waals surface area contributed by atoms with Gasteiger partial charge in [-0.3, -0.25) is 4.79 Å². The monoisotopic (exact) mass is 498 g/mol. The van der Waals surface area contributed by atoms with E-state index in [1.165, 1.54) is 32.3 Å². The fraction of sp³-hybridized carbons (Fsp3) is 0.333. The molecular weight excluding hydrogens is 468 g/mol. The zero-order valence-electron chi connectivity index (χ0n) is 20.9. The Hall–Kier alpha value is -4.18. The maximum atomic E-state index is 12.4. The number of hydrogen-bond donors (Lipinski definition) is 1. The molecule has 1 N–H and O–H groups in total. The molecule has 0 atom stereocenters. The Balaban J connectivity index is 1.18. The van der Waals surface area contributed by atoms with E-state index in [1.807, 2.05) is 48.5 Å². The number of rotatable bonds is 10. The van der Waals surface area contributed by atoms with Crippen LogP contribution in [0.3, 0.4) is 0 Å². The molecule has 5 rings (SSSR count). The van der Waals surface area contributed by atoms with Crippen molar-refractivity contribution in [3.8, 4) is 11.4 Å². The summed E-state index contributed by atoms with van der Waals surface area (Å²) in [6.45, 7) is 4.47. The third-order valence-corrected chi connectivity index (χ3v) is 6.41. The molecule has 190 valence electrons. The Morgan fingerprint density at radius 1 is 1.11 bits per heavy atom. The molecule has 1 saturated heterocycles. The highest BCUT2D eigenvalue weighted by Crippen LogP contribution is 2.25. The normalized spacial score (nSPS) is 14.0. The van der Waals surface area contributed by atoms with Gasteiger partial charge in [0.05, 0.1) is 30.9 Å². The molecule has 1 fully saturated rings. The molecule has 0 radical (unpaired) electrons. The van der Waals surface area contributed by atoms with E-state index in [9.17, 15) is 4.79 Å². The van der Waals surface area contributed by atoms with Crippen LogP contribution in [0.4, 0.5) is 5.82 Å². The first kappa shape index (κ1) is 24.5. The molecule has 10 nitrogen and oxygen atoms in total. The number of aromatic nitrogens is 4. The van der Waals surface area contributed by atoms with Crippen LogP contribution in [0.15, 0.2) is 71.3 Å². The molecule has 1 amide bonds. The summed E-state index contributed by atoms with van der Waals surface area (Å²) in [6, 6.07) is 15.0. The third-order valence-electron chi connectivity index (χ3n) is 6.41. The summed E-state index contributed by atoms with van der Waals surface area (Å²) in [4.78, 5) is 23.5. The van der Waals surface area contributed by atoms with E-state index in [2.05, 4.69) is 35.5 Å². The number of fused-ring (bicyclic) bond motifs is 1. The van der Waals surface area contributed by atoms with Gasteiger partial charge >= 0.3 is 0 Å². The zero-order chi connectivity index (χ0) is 25.5. The Morgan fingerprint density at radius 2 is 1.95 bits per heavy atom. The van der Waals surface area contributed by atoms with Gasteiger partial charge in [0.2, 0.25) is 0 Å². The van der Waals surface area contributed by atoms with Crippen LogP contribution < -0.4 is 10.1 Å². The summed E-state index contributed by atoms with van der Waals surface area (Å²) in [7, 11) is 1.63. The minimum atomic E-state index is -0.0500. The molecule has 0 aliphatic carbocycles. The van der Waals surface area contributed by atoms with E-state index in [0.29, 0.717) is 35.5 Å². The number of benzene rings is 2. The molecule has 37 heavy (non-hydrogen) atoms. The van der Waals surface area contributed by atoms with Crippen LogP contribution in [0.1, 0.15) is 35.2 Å². The van der Waals surface area contributed by atoms with Crippen LogP contribution in [-0.4, -0.2) is 63.8 Å². The number of carbonyl (C=O) groups excluding carboxylic acids is 1. The molecular formula is C27H30N8O2. The molecule has 0 spiro atoms. The number of likely N-dealkylation sites (tertiary alicyclic amines) is 1. The van der Waals surface area contributed by atoms with Gasteiger partial charge in [0, 0.05) is 18.2 Å². The van der Waals surface area contributed by atoms with E-state index < -0.39 is 0 Å². The standard InChI is InChI=1S/C27H30N8O2/c1-37-23-7-4-6-22(16-23)35-26-24(18-32-35)25(29-19-30-26)33-31-17-20-8-10-21(11-9-20)27(36)28-12-5-15-34-13-2-3-14-34/h4,6-11,16,18-19H,2-3,5,12-15,17H2,1H3,(H,28,36). The smallest absolute Gasteiger partial charge is 0.251 e. The average Bonchev–Trinajstić information content (AvgIpc) is 3.62. The van der Waals surface area contributed by atoms with Gasteiger partial charge in [0.15, 0.2) is 11.5 Å². The lowest BCUT2D eigenvalue weighted by Crippen LogP contribution is -2.28. The number of carbonyl (C=O) groups is 1. The predicted molar refractivity (Wildman–Crippen MR) is 140 cm³/mol. The molecule has 4 aromatic rings. The second kappa shape index (κ2) is 11.7. The molecule has 3 heterocycles. The van der Waals surface area contributed by atoms with Gasteiger partial charge in [-0.05, 0) is 68.7 Å².